The molecule has 1 saturated carbocycles. The molecule has 1 N–H and O–H groups in total. The number of nitrogens with zero attached hydrogens (tertiary/aromatic N) is 2. The van der Waals surface area contributed by atoms with Gasteiger partial charge < -0.3 is 10.2 Å². The van der Waals surface area contributed by atoms with Crippen LogP contribution in [0.25, 0.3) is 0 Å². The van der Waals surface area contributed by atoms with Gasteiger partial charge in [-0.25, -0.2) is 0 Å². The zero-order valence-corrected chi connectivity index (χ0v) is 19.3. The molecule has 1 atom stereocenters. The van der Waals surface area contributed by atoms with Gasteiger partial charge in [0, 0.05) is 43.3 Å². The van der Waals surface area contributed by atoms with E-state index in [9.17, 15) is 9.59 Å². The second kappa shape index (κ2) is 11.0. The lowest BCUT2D eigenvalue weighted by Gasteiger charge is -2.40. The maximum atomic E-state index is 13.3. The molecule has 170 valence electrons. The van der Waals surface area contributed by atoms with E-state index in [4.69, 9.17) is 11.6 Å². The molecule has 6 heteroatoms. The van der Waals surface area contributed by atoms with Crippen molar-refractivity contribution in [2.45, 2.75) is 44.6 Å². The highest BCUT2D eigenvalue weighted by Crippen LogP contribution is 2.32. The number of hydrogen-bond acceptors (Lipinski definition) is 3. The maximum Gasteiger partial charge on any atom is 0.242 e. The normalized spacial score (nSPS) is 18.5. The number of carbonyl (C=O) groups is 2. The topological polar surface area (TPSA) is 52.7 Å². The molecule has 0 aromatic heterocycles. The molecule has 0 spiro atoms. The van der Waals surface area contributed by atoms with Crippen LogP contribution in [0.2, 0.25) is 5.02 Å². The number of amides is 2. The summed E-state index contributed by atoms with van der Waals surface area (Å²) in [6.45, 7) is 2.84. The van der Waals surface area contributed by atoms with Crippen molar-refractivity contribution in [2.75, 3.05) is 31.5 Å². The van der Waals surface area contributed by atoms with Crippen LogP contribution < -0.4 is 5.32 Å². The average Bonchev–Trinajstić information content (AvgIpc) is 3.33. The lowest BCUT2D eigenvalue weighted by molar-refractivity contribution is -0.134. The summed E-state index contributed by atoms with van der Waals surface area (Å²) < 4.78 is 0. The first-order valence-corrected chi connectivity index (χ1v) is 12.1. The Hall–Kier alpha value is -2.37. The third kappa shape index (κ3) is 5.90. The van der Waals surface area contributed by atoms with Gasteiger partial charge in [0.25, 0.3) is 0 Å². The Kier molecular flexibility index (Phi) is 7.82. The predicted molar refractivity (Wildman–Crippen MR) is 129 cm³/mol. The fraction of sp³-hybridized carbons (Fsp3) is 0.462. The SMILES string of the molecule is O=C(Nc1cccc(Cl)c1)[C@@H](C1CCCC1)N1CCN(C(=O)CCc2ccccc2)CC1. The van der Waals surface area contributed by atoms with Gasteiger partial charge in [0.1, 0.15) is 0 Å². The summed E-state index contributed by atoms with van der Waals surface area (Å²) in [5.74, 6) is 0.617. The quantitative estimate of drug-likeness (QED) is 0.665. The fourth-order valence-electron chi connectivity index (χ4n) is 5.04. The van der Waals surface area contributed by atoms with E-state index < -0.39 is 0 Å². The molecule has 1 heterocycles. The number of benzene rings is 2. The van der Waals surface area contributed by atoms with E-state index in [2.05, 4.69) is 22.3 Å². The zero-order chi connectivity index (χ0) is 22.3. The van der Waals surface area contributed by atoms with Crippen molar-refractivity contribution in [3.05, 3.63) is 65.2 Å². The Balaban J connectivity index is 1.35. The molecule has 0 unspecified atom stereocenters. The first kappa shape index (κ1) is 22.8. The maximum absolute atomic E-state index is 13.3. The van der Waals surface area contributed by atoms with Gasteiger partial charge >= 0.3 is 0 Å². The molecule has 2 aliphatic rings. The molecule has 2 amide bonds. The Morgan fingerprint density at radius 3 is 2.38 bits per heavy atom. The minimum atomic E-state index is -0.155. The van der Waals surface area contributed by atoms with Gasteiger partial charge in [-0.15, -0.1) is 0 Å². The van der Waals surface area contributed by atoms with Crippen LogP contribution in [0.3, 0.4) is 0 Å². The summed E-state index contributed by atoms with van der Waals surface area (Å²) in [5, 5.41) is 3.70. The number of hydrogen-bond donors (Lipinski definition) is 1. The second-order valence-electron chi connectivity index (χ2n) is 8.89. The molecule has 1 saturated heterocycles. The summed E-state index contributed by atoms with van der Waals surface area (Å²) in [5.41, 5.74) is 1.93. The molecule has 0 radical (unpaired) electrons. The Labute approximate surface area is 195 Å². The standard InChI is InChI=1S/C26H32ClN3O2/c27-22-11-6-12-23(19-22)28-26(32)25(21-9-4-5-10-21)30-17-15-29(16-18-30)24(31)14-13-20-7-2-1-3-8-20/h1-3,6-8,11-12,19,21,25H,4-5,9-10,13-18H2,(H,28,32)/t25-/m1/s1. The van der Waals surface area contributed by atoms with Crippen LogP contribution in [-0.2, 0) is 16.0 Å². The number of carbonyl (C=O) groups excluding carboxylic acids is 2. The lowest BCUT2D eigenvalue weighted by atomic mass is 9.94. The number of anilines is 1. The van der Waals surface area contributed by atoms with Gasteiger partial charge in [0.2, 0.25) is 11.8 Å². The molecule has 1 aliphatic carbocycles. The summed E-state index contributed by atoms with van der Waals surface area (Å²) in [7, 11) is 0. The lowest BCUT2D eigenvalue weighted by Crippen LogP contribution is -2.57. The monoisotopic (exact) mass is 453 g/mol. The molecule has 1 aliphatic heterocycles. The minimum Gasteiger partial charge on any atom is -0.340 e. The van der Waals surface area contributed by atoms with Gasteiger partial charge in [-0.05, 0) is 48.9 Å². The number of nitrogens with one attached hydrogen (secondary N) is 1. The van der Waals surface area contributed by atoms with E-state index in [0.717, 1.165) is 38.0 Å². The predicted octanol–water partition coefficient (Wildman–Crippen LogP) is 4.61. The Morgan fingerprint density at radius 2 is 1.69 bits per heavy atom. The molecule has 2 aromatic rings. The van der Waals surface area contributed by atoms with E-state index in [1.54, 1.807) is 12.1 Å². The largest absolute Gasteiger partial charge is 0.340 e. The van der Waals surface area contributed by atoms with E-state index in [-0.39, 0.29) is 17.9 Å². The van der Waals surface area contributed by atoms with Crippen LogP contribution in [0, 0.1) is 5.92 Å². The minimum absolute atomic E-state index is 0.0445. The zero-order valence-electron chi connectivity index (χ0n) is 18.5. The van der Waals surface area contributed by atoms with Crippen molar-refractivity contribution in [3.63, 3.8) is 0 Å². The van der Waals surface area contributed by atoms with E-state index in [1.807, 2.05) is 35.2 Å². The molecular weight excluding hydrogens is 422 g/mol. The summed E-state index contributed by atoms with van der Waals surface area (Å²) in [4.78, 5) is 30.3. The fourth-order valence-corrected chi connectivity index (χ4v) is 5.23. The third-order valence-corrected chi connectivity index (χ3v) is 6.97. The molecule has 0 bridgehead atoms. The van der Waals surface area contributed by atoms with Gasteiger partial charge in [-0.2, -0.15) is 0 Å². The first-order valence-electron chi connectivity index (χ1n) is 11.7. The van der Waals surface area contributed by atoms with Crippen LogP contribution in [0.4, 0.5) is 5.69 Å². The number of rotatable bonds is 7. The summed E-state index contributed by atoms with van der Waals surface area (Å²) in [6, 6.07) is 17.3. The smallest absolute Gasteiger partial charge is 0.242 e. The molecule has 32 heavy (non-hydrogen) atoms. The number of piperazine rings is 1. The number of aryl methyl sites for hydroxylation is 1. The van der Waals surface area contributed by atoms with Crippen molar-refractivity contribution < 1.29 is 9.59 Å². The van der Waals surface area contributed by atoms with Crippen LogP contribution in [0.1, 0.15) is 37.7 Å². The highest BCUT2D eigenvalue weighted by atomic mass is 35.5. The molecular formula is C26H32ClN3O2. The van der Waals surface area contributed by atoms with Crippen LogP contribution in [-0.4, -0.2) is 53.8 Å². The van der Waals surface area contributed by atoms with Crippen molar-refractivity contribution >= 4 is 29.1 Å². The third-order valence-electron chi connectivity index (χ3n) is 6.74. The van der Waals surface area contributed by atoms with Gasteiger partial charge in [-0.3, -0.25) is 14.5 Å². The first-order chi connectivity index (χ1) is 15.6. The van der Waals surface area contributed by atoms with Crippen LogP contribution in [0.15, 0.2) is 54.6 Å². The molecule has 5 nitrogen and oxygen atoms in total. The molecule has 4 rings (SSSR count). The highest BCUT2D eigenvalue weighted by Gasteiger charge is 2.37. The van der Waals surface area contributed by atoms with Crippen molar-refractivity contribution in [3.8, 4) is 0 Å². The second-order valence-corrected chi connectivity index (χ2v) is 9.33. The van der Waals surface area contributed by atoms with Gasteiger partial charge in [0.05, 0.1) is 6.04 Å². The summed E-state index contributed by atoms with van der Waals surface area (Å²) in [6.07, 6.45) is 5.85. The van der Waals surface area contributed by atoms with Gasteiger partial charge in [-0.1, -0.05) is 60.8 Å². The van der Waals surface area contributed by atoms with Crippen molar-refractivity contribution in [1.82, 2.24) is 9.80 Å². The number of halogens is 1. The van der Waals surface area contributed by atoms with E-state index >= 15 is 0 Å². The van der Waals surface area contributed by atoms with E-state index in [1.165, 1.54) is 18.4 Å². The average molecular weight is 454 g/mol. The van der Waals surface area contributed by atoms with Crippen LogP contribution in [0.5, 0.6) is 0 Å². The van der Waals surface area contributed by atoms with Crippen molar-refractivity contribution in [2.24, 2.45) is 5.92 Å². The summed E-state index contributed by atoms with van der Waals surface area (Å²) >= 11 is 6.09. The molecule has 2 aromatic carbocycles. The van der Waals surface area contributed by atoms with E-state index in [0.29, 0.717) is 30.5 Å². The molecule has 2 fully saturated rings. The Morgan fingerprint density at radius 1 is 0.969 bits per heavy atom. The Bertz CT molecular complexity index is 906. The van der Waals surface area contributed by atoms with Gasteiger partial charge in [0.15, 0.2) is 0 Å². The highest BCUT2D eigenvalue weighted by molar-refractivity contribution is 6.30. The van der Waals surface area contributed by atoms with Crippen molar-refractivity contribution in [1.29, 1.82) is 0 Å². The van der Waals surface area contributed by atoms with Crippen LogP contribution >= 0.6 is 11.6 Å².